The lowest BCUT2D eigenvalue weighted by Crippen LogP contribution is -2.24. The van der Waals surface area contributed by atoms with Gasteiger partial charge >= 0.3 is 0 Å². The van der Waals surface area contributed by atoms with Gasteiger partial charge in [-0.25, -0.2) is 0 Å². The average Bonchev–Trinajstić information content (AvgIpc) is 2.28. The van der Waals surface area contributed by atoms with Gasteiger partial charge in [-0.2, -0.15) is 0 Å². The molecule has 2 unspecified atom stereocenters. The summed E-state index contributed by atoms with van der Waals surface area (Å²) in [6.07, 6.45) is 2.48. The molecule has 1 aromatic rings. The largest absolute Gasteiger partial charge is 0.398 e. The molecule has 0 aromatic carbocycles. The summed E-state index contributed by atoms with van der Waals surface area (Å²) in [4.78, 5) is 11.4. The number of nitrogen functional groups attached to an aromatic ring is 1. The molecule has 0 spiro atoms. The highest BCUT2D eigenvalue weighted by Gasteiger charge is 2.08. The van der Waals surface area contributed by atoms with Crippen molar-refractivity contribution in [2.75, 3.05) is 11.5 Å². The summed E-state index contributed by atoms with van der Waals surface area (Å²) in [5.41, 5.74) is 6.03. The van der Waals surface area contributed by atoms with E-state index < -0.39 is 10.8 Å². The van der Waals surface area contributed by atoms with E-state index in [1.807, 2.05) is 13.8 Å². The highest BCUT2D eigenvalue weighted by Crippen LogP contribution is 2.02. The Labute approximate surface area is 97.9 Å². The fourth-order valence-corrected chi connectivity index (χ4v) is 2.45. The van der Waals surface area contributed by atoms with Crippen molar-refractivity contribution in [3.05, 3.63) is 28.7 Å². The van der Waals surface area contributed by atoms with Crippen molar-refractivity contribution in [3.8, 4) is 0 Å². The van der Waals surface area contributed by atoms with Crippen molar-refractivity contribution in [2.45, 2.75) is 32.1 Å². The number of anilines is 1. The van der Waals surface area contributed by atoms with E-state index >= 15 is 0 Å². The SMILES string of the molecule is CCC(C)S(=O)CCn1cc(N)ccc1=O. The number of rotatable bonds is 5. The molecule has 5 heteroatoms. The van der Waals surface area contributed by atoms with Crippen molar-refractivity contribution < 1.29 is 4.21 Å². The van der Waals surface area contributed by atoms with E-state index in [1.54, 1.807) is 12.3 Å². The molecule has 1 rings (SSSR count). The lowest BCUT2D eigenvalue weighted by molar-refractivity contribution is 0.657. The van der Waals surface area contributed by atoms with Crippen molar-refractivity contribution >= 4 is 16.5 Å². The van der Waals surface area contributed by atoms with E-state index in [1.165, 1.54) is 10.6 Å². The third kappa shape index (κ3) is 3.48. The molecule has 0 bridgehead atoms. The van der Waals surface area contributed by atoms with Crippen LogP contribution in [-0.2, 0) is 17.3 Å². The Kier molecular flexibility index (Phi) is 4.73. The van der Waals surface area contributed by atoms with Gasteiger partial charge in [0.25, 0.3) is 5.56 Å². The molecule has 2 atom stereocenters. The molecule has 0 aliphatic carbocycles. The molecule has 0 amide bonds. The maximum absolute atomic E-state index is 11.7. The van der Waals surface area contributed by atoms with Crippen molar-refractivity contribution in [2.24, 2.45) is 0 Å². The molecule has 0 aliphatic heterocycles. The monoisotopic (exact) mass is 242 g/mol. The van der Waals surface area contributed by atoms with E-state index in [4.69, 9.17) is 5.73 Å². The Bertz CT molecular complexity index is 428. The number of aromatic nitrogens is 1. The summed E-state index contributed by atoms with van der Waals surface area (Å²) in [7, 11) is -0.881. The van der Waals surface area contributed by atoms with Crippen LogP contribution >= 0.6 is 0 Å². The van der Waals surface area contributed by atoms with Gasteiger partial charge in [0, 0.05) is 46.3 Å². The van der Waals surface area contributed by atoms with Crippen LogP contribution in [-0.4, -0.2) is 19.8 Å². The summed E-state index contributed by atoms with van der Waals surface area (Å²) in [6, 6.07) is 3.01. The summed E-state index contributed by atoms with van der Waals surface area (Å²) in [5.74, 6) is 0.498. The normalized spacial score (nSPS) is 14.6. The van der Waals surface area contributed by atoms with Gasteiger partial charge in [-0.05, 0) is 12.5 Å². The zero-order valence-electron chi connectivity index (χ0n) is 9.68. The molecule has 0 radical (unpaired) electrons. The van der Waals surface area contributed by atoms with Crippen LogP contribution in [0.1, 0.15) is 20.3 Å². The third-order valence-electron chi connectivity index (χ3n) is 2.56. The summed E-state index contributed by atoms with van der Waals surface area (Å²) < 4.78 is 13.2. The second-order valence-electron chi connectivity index (χ2n) is 3.80. The van der Waals surface area contributed by atoms with Gasteiger partial charge in [0.2, 0.25) is 0 Å². The van der Waals surface area contributed by atoms with Gasteiger partial charge in [0.1, 0.15) is 0 Å². The van der Waals surface area contributed by atoms with Gasteiger partial charge in [0.15, 0.2) is 0 Å². The van der Waals surface area contributed by atoms with Gasteiger partial charge in [0.05, 0.1) is 0 Å². The Morgan fingerprint density at radius 1 is 1.50 bits per heavy atom. The number of pyridine rings is 1. The fraction of sp³-hybridized carbons (Fsp3) is 0.545. The van der Waals surface area contributed by atoms with Crippen LogP contribution in [0.4, 0.5) is 5.69 Å². The number of nitrogens with two attached hydrogens (primary N) is 1. The maximum Gasteiger partial charge on any atom is 0.250 e. The van der Waals surface area contributed by atoms with Crippen molar-refractivity contribution in [1.29, 1.82) is 0 Å². The van der Waals surface area contributed by atoms with Gasteiger partial charge in [-0.1, -0.05) is 13.8 Å². The second kappa shape index (κ2) is 5.84. The van der Waals surface area contributed by atoms with E-state index in [0.717, 1.165) is 6.42 Å². The smallest absolute Gasteiger partial charge is 0.250 e. The van der Waals surface area contributed by atoms with Crippen molar-refractivity contribution in [1.82, 2.24) is 4.57 Å². The van der Waals surface area contributed by atoms with Crippen LogP contribution in [0, 0.1) is 0 Å². The van der Waals surface area contributed by atoms with Gasteiger partial charge < -0.3 is 10.3 Å². The zero-order valence-corrected chi connectivity index (χ0v) is 10.5. The first-order valence-electron chi connectivity index (χ1n) is 5.37. The number of nitrogens with zero attached hydrogens (tertiary/aromatic N) is 1. The summed E-state index contributed by atoms with van der Waals surface area (Å²) >= 11 is 0. The summed E-state index contributed by atoms with van der Waals surface area (Å²) in [6.45, 7) is 4.42. The van der Waals surface area contributed by atoms with Crippen LogP contribution in [0.15, 0.2) is 23.1 Å². The molecule has 1 aromatic heterocycles. The Balaban J connectivity index is 2.64. The van der Waals surface area contributed by atoms with E-state index in [9.17, 15) is 9.00 Å². The topological polar surface area (TPSA) is 65.1 Å². The molecule has 4 nitrogen and oxygen atoms in total. The molecule has 0 aliphatic rings. The number of aryl methyl sites for hydroxylation is 1. The maximum atomic E-state index is 11.7. The van der Waals surface area contributed by atoms with Crippen LogP contribution in [0.25, 0.3) is 0 Å². The predicted octanol–water partition coefficient (Wildman–Crippen LogP) is 0.978. The predicted molar refractivity (Wildman–Crippen MR) is 67.9 cm³/mol. The van der Waals surface area contributed by atoms with E-state index in [2.05, 4.69) is 0 Å². The lowest BCUT2D eigenvalue weighted by Gasteiger charge is -2.10. The molecule has 0 saturated carbocycles. The minimum atomic E-state index is -0.881. The zero-order chi connectivity index (χ0) is 12.1. The van der Waals surface area contributed by atoms with E-state index in [-0.39, 0.29) is 10.8 Å². The first kappa shape index (κ1) is 13.0. The first-order valence-corrected chi connectivity index (χ1v) is 6.76. The van der Waals surface area contributed by atoms with Crippen LogP contribution in [0.3, 0.4) is 0 Å². The Morgan fingerprint density at radius 3 is 2.81 bits per heavy atom. The molecule has 90 valence electrons. The summed E-state index contributed by atoms with van der Waals surface area (Å²) in [5, 5.41) is 0.178. The first-order chi connectivity index (χ1) is 7.54. The third-order valence-corrected chi connectivity index (χ3v) is 4.38. The Morgan fingerprint density at radius 2 is 2.19 bits per heavy atom. The molecular formula is C11H18N2O2S. The number of hydrogen-bond acceptors (Lipinski definition) is 3. The average molecular weight is 242 g/mol. The Hall–Kier alpha value is -1.10. The minimum Gasteiger partial charge on any atom is -0.398 e. The number of hydrogen-bond donors (Lipinski definition) is 1. The molecule has 0 fully saturated rings. The van der Waals surface area contributed by atoms with Crippen molar-refractivity contribution in [3.63, 3.8) is 0 Å². The van der Waals surface area contributed by atoms with Gasteiger partial charge in [-0.15, -0.1) is 0 Å². The van der Waals surface area contributed by atoms with Crippen LogP contribution in [0.5, 0.6) is 0 Å². The van der Waals surface area contributed by atoms with Crippen LogP contribution in [0.2, 0.25) is 0 Å². The van der Waals surface area contributed by atoms with Crippen LogP contribution < -0.4 is 11.3 Å². The quantitative estimate of drug-likeness (QED) is 0.837. The highest BCUT2D eigenvalue weighted by atomic mass is 32.2. The molecular weight excluding hydrogens is 224 g/mol. The second-order valence-corrected chi connectivity index (χ2v) is 5.77. The fourth-order valence-electron chi connectivity index (χ4n) is 1.30. The highest BCUT2D eigenvalue weighted by molar-refractivity contribution is 7.85. The molecule has 2 N–H and O–H groups in total. The minimum absolute atomic E-state index is 0.102. The van der Waals surface area contributed by atoms with Gasteiger partial charge in [-0.3, -0.25) is 9.00 Å². The molecule has 1 heterocycles. The van der Waals surface area contributed by atoms with E-state index in [0.29, 0.717) is 18.0 Å². The molecule has 0 saturated heterocycles. The molecule has 16 heavy (non-hydrogen) atoms. The standard InChI is InChI=1S/C11H18N2O2S/c1-3-9(2)16(15)7-6-13-8-10(12)4-5-11(13)14/h4-5,8-9H,3,6-7,12H2,1-2H3. The lowest BCUT2D eigenvalue weighted by atomic mass is 10.4.